The van der Waals surface area contributed by atoms with Crippen molar-refractivity contribution in [1.29, 1.82) is 0 Å². The molecule has 0 bridgehead atoms. The van der Waals surface area contributed by atoms with Gasteiger partial charge in [-0.1, -0.05) is 19.9 Å². The van der Waals surface area contributed by atoms with E-state index in [2.05, 4.69) is 26.0 Å². The second-order valence-electron chi connectivity index (χ2n) is 9.98. The number of allylic oxidation sites excluding steroid dienone is 4. The average molecular weight is 387 g/mol. The Morgan fingerprint density at radius 3 is 2.43 bits per heavy atom. The standard InChI is InChI=1S/C24H34O4/c1-15(25)24(28-16(2)26)13-10-21-19-7-6-17-14-18(27-5)8-11-22(17,3)20(19)9-12-23(21,24)4/h6,14,19-21H,7-13H2,1-5H3/t19-,20+,21+,22+,23+,24+/m1/s1. The van der Waals surface area contributed by atoms with E-state index in [1.807, 2.05) is 0 Å². The van der Waals surface area contributed by atoms with Gasteiger partial charge in [0.2, 0.25) is 0 Å². The normalized spacial score (nSPS) is 44.4. The van der Waals surface area contributed by atoms with Crippen LogP contribution in [0.25, 0.3) is 0 Å². The number of methoxy groups -OCH3 is 1. The van der Waals surface area contributed by atoms with Gasteiger partial charge in [0, 0.05) is 18.8 Å². The molecule has 4 aliphatic carbocycles. The average Bonchev–Trinajstić information content (AvgIpc) is 2.94. The van der Waals surface area contributed by atoms with E-state index in [1.54, 1.807) is 14.0 Å². The molecule has 4 heteroatoms. The summed E-state index contributed by atoms with van der Waals surface area (Å²) in [5.74, 6) is 2.39. The van der Waals surface area contributed by atoms with E-state index < -0.39 is 5.60 Å². The molecule has 0 N–H and O–H groups in total. The van der Waals surface area contributed by atoms with Gasteiger partial charge in [0.1, 0.15) is 0 Å². The molecule has 4 aliphatic rings. The van der Waals surface area contributed by atoms with Gasteiger partial charge in [-0.05, 0) is 80.3 Å². The van der Waals surface area contributed by atoms with Crippen molar-refractivity contribution in [2.24, 2.45) is 28.6 Å². The zero-order valence-electron chi connectivity index (χ0n) is 18.0. The lowest BCUT2D eigenvalue weighted by Crippen LogP contribution is -2.58. The van der Waals surface area contributed by atoms with Crippen LogP contribution in [0.1, 0.15) is 72.6 Å². The van der Waals surface area contributed by atoms with Gasteiger partial charge in [-0.2, -0.15) is 0 Å². The summed E-state index contributed by atoms with van der Waals surface area (Å²) < 4.78 is 11.4. The second-order valence-corrected chi connectivity index (χ2v) is 9.98. The maximum Gasteiger partial charge on any atom is 0.303 e. The Kier molecular flexibility index (Phi) is 4.55. The predicted octanol–water partition coefficient (Wildman–Crippen LogP) is 4.98. The zero-order valence-corrected chi connectivity index (χ0v) is 18.0. The van der Waals surface area contributed by atoms with Crippen LogP contribution >= 0.6 is 0 Å². The molecule has 0 aromatic carbocycles. The number of hydrogen-bond acceptors (Lipinski definition) is 4. The zero-order chi connectivity index (χ0) is 20.3. The lowest BCUT2D eigenvalue weighted by molar-refractivity contribution is -0.186. The van der Waals surface area contributed by atoms with Crippen LogP contribution in [-0.2, 0) is 19.1 Å². The quantitative estimate of drug-likeness (QED) is 0.642. The highest BCUT2D eigenvalue weighted by Gasteiger charge is 2.67. The molecule has 0 spiro atoms. The fourth-order valence-corrected chi connectivity index (χ4v) is 7.52. The highest BCUT2D eigenvalue weighted by Crippen LogP contribution is 2.67. The van der Waals surface area contributed by atoms with Crippen molar-refractivity contribution in [3.8, 4) is 0 Å². The first-order valence-electron chi connectivity index (χ1n) is 10.8. The number of rotatable bonds is 3. The van der Waals surface area contributed by atoms with E-state index in [-0.39, 0.29) is 22.6 Å². The molecule has 2 fully saturated rings. The molecule has 2 saturated carbocycles. The molecular formula is C24H34O4. The molecule has 0 saturated heterocycles. The summed E-state index contributed by atoms with van der Waals surface area (Å²) in [6.45, 7) is 7.70. The largest absolute Gasteiger partial charge is 0.501 e. The minimum Gasteiger partial charge on any atom is -0.501 e. The molecule has 0 unspecified atom stereocenters. The van der Waals surface area contributed by atoms with Crippen molar-refractivity contribution in [3.63, 3.8) is 0 Å². The van der Waals surface area contributed by atoms with Crippen LogP contribution in [0.2, 0.25) is 0 Å². The van der Waals surface area contributed by atoms with E-state index in [9.17, 15) is 9.59 Å². The van der Waals surface area contributed by atoms with Crippen LogP contribution in [0.3, 0.4) is 0 Å². The summed E-state index contributed by atoms with van der Waals surface area (Å²) in [4.78, 5) is 24.7. The third-order valence-electron chi connectivity index (χ3n) is 9.00. The Morgan fingerprint density at radius 2 is 1.79 bits per heavy atom. The Morgan fingerprint density at radius 1 is 1.07 bits per heavy atom. The summed E-state index contributed by atoms with van der Waals surface area (Å²) in [6, 6.07) is 0. The Hall–Kier alpha value is -1.58. The summed E-state index contributed by atoms with van der Waals surface area (Å²) >= 11 is 0. The lowest BCUT2D eigenvalue weighted by Gasteiger charge is -2.58. The molecular weight excluding hydrogens is 352 g/mol. The number of carbonyl (C=O) groups excluding carboxylic acids is 2. The lowest BCUT2D eigenvalue weighted by atomic mass is 9.47. The van der Waals surface area contributed by atoms with E-state index in [0.29, 0.717) is 24.2 Å². The SMILES string of the molecule is COC1=CC2=CC[C@@H]3[C@H](CC[C@@]4(C)[C@H]3CC[C@]4(OC(C)=O)C(C)=O)[C@@]2(C)CC1. The minimum absolute atomic E-state index is 0.0229. The van der Waals surface area contributed by atoms with E-state index in [1.165, 1.54) is 12.5 Å². The van der Waals surface area contributed by atoms with Crippen LogP contribution in [0, 0.1) is 28.6 Å². The third-order valence-corrected chi connectivity index (χ3v) is 9.00. The minimum atomic E-state index is -0.935. The van der Waals surface area contributed by atoms with Gasteiger partial charge in [0.25, 0.3) is 0 Å². The van der Waals surface area contributed by atoms with Crippen molar-refractivity contribution < 1.29 is 19.1 Å². The van der Waals surface area contributed by atoms with Crippen molar-refractivity contribution in [3.05, 3.63) is 23.5 Å². The first-order valence-corrected chi connectivity index (χ1v) is 10.8. The van der Waals surface area contributed by atoms with Gasteiger partial charge in [-0.25, -0.2) is 0 Å². The number of ketones is 1. The Bertz CT molecular complexity index is 765. The molecule has 154 valence electrons. The first kappa shape index (κ1) is 19.7. The summed E-state index contributed by atoms with van der Waals surface area (Å²) in [5, 5.41) is 0. The number of fused-ring (bicyclic) bond motifs is 5. The molecule has 0 aromatic rings. The van der Waals surface area contributed by atoms with Gasteiger partial charge < -0.3 is 9.47 Å². The molecule has 0 amide bonds. The number of hydrogen-bond donors (Lipinski definition) is 0. The fourth-order valence-electron chi connectivity index (χ4n) is 7.52. The van der Waals surface area contributed by atoms with Crippen LogP contribution in [0.4, 0.5) is 0 Å². The van der Waals surface area contributed by atoms with Crippen molar-refractivity contribution in [2.45, 2.75) is 78.2 Å². The fraction of sp³-hybridized carbons (Fsp3) is 0.750. The summed E-state index contributed by atoms with van der Waals surface area (Å²) in [5.41, 5.74) is 0.441. The van der Waals surface area contributed by atoms with Crippen molar-refractivity contribution in [1.82, 2.24) is 0 Å². The van der Waals surface area contributed by atoms with Crippen molar-refractivity contribution >= 4 is 11.8 Å². The van der Waals surface area contributed by atoms with Gasteiger partial charge in [0.05, 0.1) is 12.9 Å². The molecule has 0 radical (unpaired) electrons. The van der Waals surface area contributed by atoms with Gasteiger partial charge in [-0.3, -0.25) is 9.59 Å². The number of ether oxygens (including phenoxy) is 2. The Balaban J connectivity index is 1.71. The number of carbonyl (C=O) groups is 2. The Labute approximate surface area is 168 Å². The molecule has 28 heavy (non-hydrogen) atoms. The smallest absolute Gasteiger partial charge is 0.303 e. The van der Waals surface area contributed by atoms with Crippen LogP contribution in [0.5, 0.6) is 0 Å². The molecule has 0 aliphatic heterocycles. The molecule has 0 aromatic heterocycles. The van der Waals surface area contributed by atoms with Gasteiger partial charge in [0.15, 0.2) is 11.4 Å². The maximum absolute atomic E-state index is 12.8. The van der Waals surface area contributed by atoms with E-state index >= 15 is 0 Å². The van der Waals surface area contributed by atoms with Gasteiger partial charge >= 0.3 is 5.97 Å². The van der Waals surface area contributed by atoms with E-state index in [0.717, 1.165) is 44.3 Å². The maximum atomic E-state index is 12.8. The molecule has 4 nitrogen and oxygen atoms in total. The van der Waals surface area contributed by atoms with Crippen LogP contribution < -0.4 is 0 Å². The second kappa shape index (κ2) is 6.47. The molecule has 4 rings (SSSR count). The predicted molar refractivity (Wildman–Crippen MR) is 107 cm³/mol. The number of Topliss-reactive ketones (excluding diaryl/α,β-unsaturated/α-hetero) is 1. The molecule has 6 atom stereocenters. The van der Waals surface area contributed by atoms with E-state index in [4.69, 9.17) is 9.47 Å². The van der Waals surface area contributed by atoms with Crippen LogP contribution in [0.15, 0.2) is 23.5 Å². The topological polar surface area (TPSA) is 52.6 Å². The number of esters is 1. The summed E-state index contributed by atoms with van der Waals surface area (Å²) in [6.07, 6.45) is 11.6. The monoisotopic (exact) mass is 386 g/mol. The van der Waals surface area contributed by atoms with Crippen molar-refractivity contribution in [2.75, 3.05) is 7.11 Å². The first-order chi connectivity index (χ1) is 13.2. The third kappa shape index (κ3) is 2.48. The van der Waals surface area contributed by atoms with Gasteiger partial charge in [-0.15, -0.1) is 0 Å². The highest BCUT2D eigenvalue weighted by molar-refractivity contribution is 5.89. The highest BCUT2D eigenvalue weighted by atomic mass is 16.6. The van der Waals surface area contributed by atoms with Crippen LogP contribution in [-0.4, -0.2) is 24.5 Å². The molecule has 0 heterocycles. The summed E-state index contributed by atoms with van der Waals surface area (Å²) in [7, 11) is 1.77.